The Morgan fingerprint density at radius 2 is 1.18 bits per heavy atom. The Morgan fingerprint density at radius 1 is 0.818 bits per heavy atom. The predicted octanol–water partition coefficient (Wildman–Crippen LogP) is -0.403. The highest BCUT2D eigenvalue weighted by Crippen LogP contribution is 2.14. The van der Waals surface area contributed by atoms with E-state index in [1.807, 2.05) is 9.80 Å². The fourth-order valence-corrected chi connectivity index (χ4v) is 3.96. The van der Waals surface area contributed by atoms with Gasteiger partial charge in [-0.15, -0.1) is 0 Å². The average Bonchev–Trinajstić information content (AvgIpc) is 2.67. The number of hydrogen-bond acceptors (Lipinski definition) is 8. The molecule has 1 aliphatic rings. The van der Waals surface area contributed by atoms with Gasteiger partial charge in [-0.1, -0.05) is 20.8 Å². The number of nitrogens with zero attached hydrogens (tertiary/aromatic N) is 4. The van der Waals surface area contributed by atoms with Crippen LogP contribution in [-0.2, 0) is 19.2 Å². The highest BCUT2D eigenvalue weighted by Gasteiger charge is 2.25. The van der Waals surface area contributed by atoms with E-state index in [9.17, 15) is 29.7 Å². The molecule has 1 unspecified atom stereocenters. The minimum absolute atomic E-state index is 0.0849. The molecule has 33 heavy (non-hydrogen) atoms. The lowest BCUT2D eigenvalue weighted by Gasteiger charge is -2.38. The summed E-state index contributed by atoms with van der Waals surface area (Å²) in [6.07, 6.45) is 0.904. The molecule has 1 heterocycles. The second-order valence-corrected chi connectivity index (χ2v) is 8.49. The number of carboxylic acid groups (broad SMARTS) is 4. The van der Waals surface area contributed by atoms with Crippen LogP contribution >= 0.6 is 0 Å². The molecule has 1 rings (SSSR count). The van der Waals surface area contributed by atoms with E-state index in [1.54, 1.807) is 4.90 Å². The number of rotatable bonds is 9. The first-order valence-corrected chi connectivity index (χ1v) is 11.2. The third-order valence-electron chi connectivity index (χ3n) is 5.38. The van der Waals surface area contributed by atoms with E-state index in [4.69, 9.17) is 9.90 Å². The maximum Gasteiger partial charge on any atom is 0.317 e. The predicted molar refractivity (Wildman–Crippen MR) is 121 cm³/mol. The number of aliphatic carboxylic acids is 3. The molecule has 1 aliphatic heterocycles. The first-order valence-electron chi connectivity index (χ1n) is 11.2. The number of hydrogen-bond donors (Lipinski definition) is 4. The smallest absolute Gasteiger partial charge is 0.317 e. The van der Waals surface area contributed by atoms with E-state index in [-0.39, 0.29) is 32.1 Å². The molecule has 0 saturated carbocycles. The summed E-state index contributed by atoms with van der Waals surface area (Å²) in [5.41, 5.74) is 0. The van der Waals surface area contributed by atoms with Crippen LogP contribution in [0, 0.1) is 5.92 Å². The molecule has 1 fully saturated rings. The average molecular weight is 477 g/mol. The van der Waals surface area contributed by atoms with E-state index in [0.717, 1.165) is 13.0 Å². The van der Waals surface area contributed by atoms with Gasteiger partial charge in [0.1, 0.15) is 0 Å². The zero-order valence-corrected chi connectivity index (χ0v) is 19.9. The van der Waals surface area contributed by atoms with Crippen LogP contribution in [0.2, 0.25) is 0 Å². The van der Waals surface area contributed by atoms with Gasteiger partial charge < -0.3 is 20.4 Å². The summed E-state index contributed by atoms with van der Waals surface area (Å²) in [6, 6.07) is 0.147. The van der Waals surface area contributed by atoms with Crippen molar-refractivity contribution >= 4 is 24.4 Å². The molecule has 12 heteroatoms. The Balaban J connectivity index is 0.00000322. The van der Waals surface area contributed by atoms with Crippen molar-refractivity contribution in [3.63, 3.8) is 0 Å². The summed E-state index contributed by atoms with van der Waals surface area (Å²) >= 11 is 0. The number of likely N-dealkylation sites (N-methyl/N-ethyl adjacent to an activating group) is 1. The lowest BCUT2D eigenvalue weighted by molar-refractivity contribution is -0.140. The van der Waals surface area contributed by atoms with Crippen LogP contribution < -0.4 is 0 Å². The molecule has 0 amide bonds. The van der Waals surface area contributed by atoms with Crippen LogP contribution in [0.5, 0.6) is 0 Å². The number of carboxylic acids is 3. The fraction of sp³-hybridized carbons (Fsp3) is 0.810. The fourth-order valence-electron chi connectivity index (χ4n) is 3.96. The Labute approximate surface area is 195 Å². The third-order valence-corrected chi connectivity index (χ3v) is 5.38. The van der Waals surface area contributed by atoms with Gasteiger partial charge in [-0.3, -0.25) is 38.8 Å². The SMILES string of the molecule is CCN1CCN(CC(=O)O)CCN(CC(=O)O)CCN(CC(=O)O)CC1CC(C)C.O=CO. The van der Waals surface area contributed by atoms with Crippen molar-refractivity contribution in [1.29, 1.82) is 0 Å². The van der Waals surface area contributed by atoms with Crippen molar-refractivity contribution < 1.29 is 39.6 Å². The molecule has 0 aromatic rings. The van der Waals surface area contributed by atoms with Crippen molar-refractivity contribution in [1.82, 2.24) is 19.6 Å². The summed E-state index contributed by atoms with van der Waals surface area (Å²) in [5, 5.41) is 34.7. The monoisotopic (exact) mass is 476 g/mol. The Bertz CT molecular complexity index is 605. The van der Waals surface area contributed by atoms with Crippen molar-refractivity contribution in [2.75, 3.05) is 72.0 Å². The molecule has 1 saturated heterocycles. The van der Waals surface area contributed by atoms with Crippen LogP contribution in [0.4, 0.5) is 0 Å². The molecular weight excluding hydrogens is 436 g/mol. The third kappa shape index (κ3) is 15.2. The molecule has 1 atom stereocenters. The molecule has 0 bridgehead atoms. The second-order valence-electron chi connectivity index (χ2n) is 8.49. The van der Waals surface area contributed by atoms with E-state index < -0.39 is 17.9 Å². The summed E-state index contributed by atoms with van der Waals surface area (Å²) in [5.74, 6) is -2.32. The lowest BCUT2D eigenvalue weighted by Crippen LogP contribution is -2.52. The Hall–Kier alpha value is -2.28. The molecular formula is C21H40N4O8. The molecule has 0 spiro atoms. The zero-order chi connectivity index (χ0) is 25.4. The second kappa shape index (κ2) is 17.2. The molecule has 4 N–H and O–H groups in total. The standard InChI is InChI=1S/C20H38N4O6.CH2O2/c1-4-24-10-9-22(14-19(27)28)6-5-21(13-18(25)26)7-8-23(15-20(29)30)12-17(24)11-16(2)3;2-1-3/h16-17H,4-15H2,1-3H3,(H,25,26)(H,27,28)(H,29,30);1H,(H,2,3). The minimum Gasteiger partial charge on any atom is -0.483 e. The van der Waals surface area contributed by atoms with Crippen LogP contribution in [0.15, 0.2) is 0 Å². The van der Waals surface area contributed by atoms with Gasteiger partial charge in [0, 0.05) is 51.9 Å². The molecule has 12 nitrogen and oxygen atoms in total. The van der Waals surface area contributed by atoms with Gasteiger partial charge in [0.15, 0.2) is 0 Å². The Morgan fingerprint density at radius 3 is 1.55 bits per heavy atom. The van der Waals surface area contributed by atoms with Crippen LogP contribution in [-0.4, -0.2) is 142 Å². The van der Waals surface area contributed by atoms with Crippen LogP contribution in [0.3, 0.4) is 0 Å². The van der Waals surface area contributed by atoms with Gasteiger partial charge in [-0.2, -0.15) is 0 Å². The van der Waals surface area contributed by atoms with E-state index in [1.165, 1.54) is 0 Å². The summed E-state index contributed by atoms with van der Waals surface area (Å²) in [6.45, 7) is 10.1. The van der Waals surface area contributed by atoms with E-state index >= 15 is 0 Å². The molecule has 0 aromatic carbocycles. The Kier molecular flexibility index (Phi) is 16.0. The van der Waals surface area contributed by atoms with E-state index in [2.05, 4.69) is 25.7 Å². The molecule has 0 radical (unpaired) electrons. The first-order chi connectivity index (χ1) is 15.5. The van der Waals surface area contributed by atoms with Crippen molar-refractivity contribution in [2.24, 2.45) is 5.92 Å². The van der Waals surface area contributed by atoms with Gasteiger partial charge in [0.25, 0.3) is 6.47 Å². The minimum atomic E-state index is -0.952. The highest BCUT2D eigenvalue weighted by molar-refractivity contribution is 5.69. The maximum atomic E-state index is 11.4. The summed E-state index contributed by atoms with van der Waals surface area (Å²) < 4.78 is 0. The maximum absolute atomic E-state index is 11.4. The summed E-state index contributed by atoms with van der Waals surface area (Å²) in [7, 11) is 0. The normalized spacial score (nSPS) is 20.2. The summed E-state index contributed by atoms with van der Waals surface area (Å²) in [4.78, 5) is 50.1. The quantitative estimate of drug-likeness (QED) is 0.319. The van der Waals surface area contributed by atoms with Crippen LogP contribution in [0.1, 0.15) is 27.2 Å². The van der Waals surface area contributed by atoms with Gasteiger partial charge in [-0.05, 0) is 18.9 Å². The van der Waals surface area contributed by atoms with Crippen molar-refractivity contribution in [2.45, 2.75) is 33.2 Å². The van der Waals surface area contributed by atoms with E-state index in [0.29, 0.717) is 51.7 Å². The lowest BCUT2D eigenvalue weighted by atomic mass is 10.0. The molecule has 0 aromatic heterocycles. The van der Waals surface area contributed by atoms with Crippen LogP contribution in [0.25, 0.3) is 0 Å². The zero-order valence-electron chi connectivity index (χ0n) is 19.9. The largest absolute Gasteiger partial charge is 0.483 e. The van der Waals surface area contributed by atoms with Gasteiger partial charge in [-0.25, -0.2) is 0 Å². The van der Waals surface area contributed by atoms with Crippen molar-refractivity contribution in [3.05, 3.63) is 0 Å². The van der Waals surface area contributed by atoms with Gasteiger partial charge in [0.05, 0.1) is 19.6 Å². The highest BCUT2D eigenvalue weighted by atomic mass is 16.4. The first kappa shape index (κ1) is 30.7. The molecule has 0 aliphatic carbocycles. The van der Waals surface area contributed by atoms with Gasteiger partial charge in [0.2, 0.25) is 0 Å². The topological polar surface area (TPSA) is 162 Å². The number of carbonyl (C=O) groups is 4. The van der Waals surface area contributed by atoms with Gasteiger partial charge >= 0.3 is 17.9 Å². The molecule has 192 valence electrons. The van der Waals surface area contributed by atoms with Crippen molar-refractivity contribution in [3.8, 4) is 0 Å².